The van der Waals surface area contributed by atoms with Gasteiger partial charge in [-0.3, -0.25) is 14.5 Å². The molecule has 208 valence electrons. The van der Waals surface area contributed by atoms with Crippen molar-refractivity contribution >= 4 is 40.1 Å². The van der Waals surface area contributed by atoms with Crippen LogP contribution in [0.25, 0.3) is 10.9 Å². The van der Waals surface area contributed by atoms with E-state index in [0.717, 1.165) is 39.0 Å². The van der Waals surface area contributed by atoms with E-state index in [1.807, 2.05) is 48.5 Å². The molecule has 5 aromatic rings. The Kier molecular flexibility index (Phi) is 6.12. The van der Waals surface area contributed by atoms with Crippen molar-refractivity contribution in [1.29, 1.82) is 0 Å². The maximum absolute atomic E-state index is 14.2. The molecule has 7 rings (SSSR count). The van der Waals surface area contributed by atoms with Gasteiger partial charge in [0.05, 0.1) is 11.3 Å². The van der Waals surface area contributed by atoms with Crippen molar-refractivity contribution in [2.24, 2.45) is 0 Å². The first-order valence-electron chi connectivity index (χ1n) is 13.9. The number of hydrogen-bond acceptors (Lipinski definition) is 3. The number of aromatic nitrogens is 1. The predicted molar refractivity (Wildman–Crippen MR) is 159 cm³/mol. The highest BCUT2D eigenvalue weighted by Gasteiger charge is 2.53. The largest absolute Gasteiger partial charge is 0.356 e. The van der Waals surface area contributed by atoms with E-state index in [9.17, 15) is 18.8 Å². The highest BCUT2D eigenvalue weighted by Crippen LogP contribution is 2.45. The van der Waals surface area contributed by atoms with Gasteiger partial charge >= 0.3 is 6.03 Å². The molecule has 2 aliphatic rings. The summed E-state index contributed by atoms with van der Waals surface area (Å²) in [5.74, 6) is -1.22. The molecule has 4 aromatic carbocycles. The van der Waals surface area contributed by atoms with Gasteiger partial charge in [-0.1, -0.05) is 61.5 Å². The summed E-state index contributed by atoms with van der Waals surface area (Å²) in [6, 6.07) is 26.0. The third kappa shape index (κ3) is 4.06. The standard InChI is InChI=1S/C34H27FN4O3/c1-2-20-11-17-23(18-12-20)36-32(40)25-8-4-6-10-28(25)39-33(41)29-19-26-24-7-3-5-9-27(24)37-30(26)31(38(29)34(39)42)21-13-15-22(35)16-14-21/h3-18,29,31,37H,2,19H2,1H3,(H,36,40)/t29-,31?/m0/s1. The lowest BCUT2D eigenvalue weighted by Crippen LogP contribution is -2.44. The maximum atomic E-state index is 14.2. The molecule has 42 heavy (non-hydrogen) atoms. The number of carbonyl (C=O) groups excluding carboxylic acids is 3. The normalized spacial score (nSPS) is 17.9. The molecule has 0 saturated carbocycles. The molecular weight excluding hydrogens is 531 g/mol. The minimum atomic E-state index is -0.794. The Labute approximate surface area is 241 Å². The monoisotopic (exact) mass is 558 g/mol. The number of aromatic amines is 1. The van der Waals surface area contributed by atoms with Crippen LogP contribution in [-0.4, -0.2) is 33.8 Å². The Bertz CT molecular complexity index is 1860. The van der Waals surface area contributed by atoms with Crippen LogP contribution in [0.1, 0.15) is 45.7 Å². The molecule has 2 N–H and O–H groups in total. The van der Waals surface area contributed by atoms with Gasteiger partial charge in [0.15, 0.2) is 0 Å². The predicted octanol–water partition coefficient (Wildman–Crippen LogP) is 6.60. The van der Waals surface area contributed by atoms with Gasteiger partial charge in [0.2, 0.25) is 0 Å². The minimum absolute atomic E-state index is 0.209. The van der Waals surface area contributed by atoms with Crippen LogP contribution in [0, 0.1) is 5.82 Å². The summed E-state index contributed by atoms with van der Waals surface area (Å²) in [6.45, 7) is 2.06. The van der Waals surface area contributed by atoms with Crippen molar-refractivity contribution in [2.75, 3.05) is 10.2 Å². The summed E-state index contributed by atoms with van der Waals surface area (Å²) in [7, 11) is 0. The van der Waals surface area contributed by atoms with Crippen LogP contribution in [0.15, 0.2) is 97.1 Å². The van der Waals surface area contributed by atoms with Crippen LogP contribution in [0.3, 0.4) is 0 Å². The molecule has 4 amide bonds. The first-order valence-corrected chi connectivity index (χ1v) is 13.9. The Balaban J connectivity index is 1.29. The number of fused-ring (bicyclic) bond motifs is 4. The van der Waals surface area contributed by atoms with E-state index in [1.54, 1.807) is 41.3 Å². The van der Waals surface area contributed by atoms with Crippen molar-refractivity contribution in [1.82, 2.24) is 9.88 Å². The number of hydrogen-bond donors (Lipinski definition) is 2. The van der Waals surface area contributed by atoms with Gasteiger partial charge in [-0.2, -0.15) is 0 Å². The number of halogens is 1. The minimum Gasteiger partial charge on any atom is -0.356 e. The number of benzene rings is 4. The molecule has 1 saturated heterocycles. The molecule has 2 aliphatic heterocycles. The zero-order valence-corrected chi connectivity index (χ0v) is 22.8. The number of urea groups is 1. The van der Waals surface area contributed by atoms with Gasteiger partial charge in [0, 0.05) is 28.7 Å². The van der Waals surface area contributed by atoms with E-state index in [4.69, 9.17) is 0 Å². The van der Waals surface area contributed by atoms with Gasteiger partial charge < -0.3 is 10.3 Å². The fourth-order valence-electron chi connectivity index (χ4n) is 6.17. The second-order valence-corrected chi connectivity index (χ2v) is 10.6. The third-order valence-electron chi connectivity index (χ3n) is 8.24. The highest BCUT2D eigenvalue weighted by molar-refractivity contribution is 6.24. The molecule has 2 atom stereocenters. The number of nitrogens with one attached hydrogen (secondary N) is 2. The number of aryl methyl sites for hydroxylation is 1. The SMILES string of the molecule is CCc1ccc(NC(=O)c2ccccc2N2C(=O)[C@@H]3Cc4c([nH]c5ccccc45)C(c4ccc(F)cc4)N3C2=O)cc1. The lowest BCUT2D eigenvalue weighted by atomic mass is 9.89. The van der Waals surface area contributed by atoms with E-state index in [2.05, 4.69) is 17.2 Å². The molecular formula is C34H27FN4O3. The zero-order valence-electron chi connectivity index (χ0n) is 22.8. The Morgan fingerprint density at radius 2 is 1.64 bits per heavy atom. The van der Waals surface area contributed by atoms with Gasteiger partial charge in [0.25, 0.3) is 11.8 Å². The fraction of sp³-hybridized carbons (Fsp3) is 0.147. The zero-order chi connectivity index (χ0) is 29.0. The van der Waals surface area contributed by atoms with Gasteiger partial charge in [-0.15, -0.1) is 0 Å². The van der Waals surface area contributed by atoms with Crippen LogP contribution in [0.5, 0.6) is 0 Å². The second kappa shape index (κ2) is 9.99. The summed E-state index contributed by atoms with van der Waals surface area (Å²) >= 11 is 0. The number of anilines is 2. The Morgan fingerprint density at radius 1 is 0.929 bits per heavy atom. The number of amides is 4. The van der Waals surface area contributed by atoms with Crippen molar-refractivity contribution < 1.29 is 18.8 Å². The van der Waals surface area contributed by atoms with E-state index >= 15 is 0 Å². The smallest absolute Gasteiger partial charge is 0.332 e. The Morgan fingerprint density at radius 3 is 2.40 bits per heavy atom. The van der Waals surface area contributed by atoms with Crippen LogP contribution < -0.4 is 10.2 Å². The molecule has 1 unspecified atom stereocenters. The van der Waals surface area contributed by atoms with Crippen molar-refractivity contribution in [2.45, 2.75) is 31.8 Å². The van der Waals surface area contributed by atoms with E-state index in [-0.39, 0.29) is 11.3 Å². The van der Waals surface area contributed by atoms with Crippen LogP contribution in [0.2, 0.25) is 0 Å². The average molecular weight is 559 g/mol. The van der Waals surface area contributed by atoms with E-state index in [0.29, 0.717) is 17.7 Å². The van der Waals surface area contributed by atoms with E-state index in [1.165, 1.54) is 12.1 Å². The lowest BCUT2D eigenvalue weighted by Gasteiger charge is -2.36. The van der Waals surface area contributed by atoms with Crippen LogP contribution >= 0.6 is 0 Å². The first-order chi connectivity index (χ1) is 20.4. The van der Waals surface area contributed by atoms with Crippen molar-refractivity contribution in [3.8, 4) is 0 Å². The van der Waals surface area contributed by atoms with Gasteiger partial charge in [0.1, 0.15) is 17.9 Å². The molecule has 7 nitrogen and oxygen atoms in total. The number of imide groups is 1. The Hall–Kier alpha value is -5.24. The summed E-state index contributed by atoms with van der Waals surface area (Å²) in [4.78, 5) is 48.0. The molecule has 0 aliphatic carbocycles. The summed E-state index contributed by atoms with van der Waals surface area (Å²) in [5.41, 5.74) is 5.52. The molecule has 0 spiro atoms. The number of nitrogens with zero attached hydrogens (tertiary/aromatic N) is 2. The second-order valence-electron chi connectivity index (χ2n) is 10.6. The van der Waals surface area contributed by atoms with Crippen LogP contribution in [0.4, 0.5) is 20.6 Å². The fourth-order valence-corrected chi connectivity index (χ4v) is 6.17. The lowest BCUT2D eigenvalue weighted by molar-refractivity contribution is -0.120. The summed E-state index contributed by atoms with van der Waals surface area (Å²) in [6.07, 6.45) is 1.20. The number of carbonyl (C=O) groups is 3. The molecule has 0 bridgehead atoms. The van der Waals surface area contributed by atoms with Crippen molar-refractivity contribution in [3.05, 3.63) is 131 Å². The topological polar surface area (TPSA) is 85.5 Å². The molecule has 1 aromatic heterocycles. The summed E-state index contributed by atoms with van der Waals surface area (Å²) < 4.78 is 13.9. The maximum Gasteiger partial charge on any atom is 0.332 e. The third-order valence-corrected chi connectivity index (χ3v) is 8.24. The number of para-hydroxylation sites is 2. The molecule has 3 heterocycles. The molecule has 8 heteroatoms. The highest BCUT2D eigenvalue weighted by atomic mass is 19.1. The van der Waals surface area contributed by atoms with Gasteiger partial charge in [-0.05, 0) is 65.6 Å². The number of H-pyrrole nitrogens is 1. The first kappa shape index (κ1) is 25.7. The van der Waals surface area contributed by atoms with Crippen LogP contribution in [-0.2, 0) is 17.6 Å². The molecule has 0 radical (unpaired) electrons. The average Bonchev–Trinajstić information content (AvgIpc) is 3.51. The molecule has 1 fully saturated rings. The summed E-state index contributed by atoms with van der Waals surface area (Å²) in [5, 5.41) is 3.87. The van der Waals surface area contributed by atoms with Gasteiger partial charge in [-0.25, -0.2) is 14.1 Å². The quantitative estimate of drug-likeness (QED) is 0.238. The van der Waals surface area contributed by atoms with E-state index < -0.39 is 35.7 Å². The van der Waals surface area contributed by atoms with Crippen molar-refractivity contribution in [3.63, 3.8) is 0 Å². The number of rotatable bonds is 5.